The van der Waals surface area contributed by atoms with Gasteiger partial charge in [-0.1, -0.05) is 13.8 Å². The van der Waals surface area contributed by atoms with Gasteiger partial charge in [-0.2, -0.15) is 0 Å². The van der Waals surface area contributed by atoms with Gasteiger partial charge in [0.1, 0.15) is 11.2 Å². The van der Waals surface area contributed by atoms with E-state index in [0.717, 1.165) is 44.9 Å². The van der Waals surface area contributed by atoms with E-state index in [9.17, 15) is 14.7 Å². The van der Waals surface area contributed by atoms with E-state index in [1.54, 1.807) is 0 Å². The van der Waals surface area contributed by atoms with Crippen molar-refractivity contribution in [3.05, 3.63) is 0 Å². The molecule has 0 aromatic heterocycles. The number of ketones is 1. The van der Waals surface area contributed by atoms with Crippen molar-refractivity contribution >= 4 is 11.8 Å². The van der Waals surface area contributed by atoms with Crippen molar-refractivity contribution in [1.29, 1.82) is 0 Å². The molecule has 2 spiro atoms. The average Bonchev–Trinajstić information content (AvgIpc) is 3.11. The predicted octanol–water partition coefficient (Wildman–Crippen LogP) is 2.77. The van der Waals surface area contributed by atoms with E-state index in [1.807, 2.05) is 0 Å². The van der Waals surface area contributed by atoms with Crippen LogP contribution in [0.25, 0.3) is 0 Å². The van der Waals surface area contributed by atoms with Crippen LogP contribution < -0.4 is 0 Å². The zero-order valence-corrected chi connectivity index (χ0v) is 19.5. The van der Waals surface area contributed by atoms with Crippen LogP contribution in [-0.2, 0) is 28.5 Å². The summed E-state index contributed by atoms with van der Waals surface area (Å²) in [6.07, 6.45) is 7.08. The first kappa shape index (κ1) is 21.5. The first-order valence-corrected chi connectivity index (χ1v) is 12.4. The van der Waals surface area contributed by atoms with E-state index in [-0.39, 0.29) is 35.4 Å². The van der Waals surface area contributed by atoms with Crippen LogP contribution in [0.1, 0.15) is 72.1 Å². The van der Waals surface area contributed by atoms with Crippen LogP contribution >= 0.6 is 0 Å². The number of hydrogen-bond acceptors (Lipinski definition) is 7. The Morgan fingerprint density at radius 3 is 2.41 bits per heavy atom. The van der Waals surface area contributed by atoms with Gasteiger partial charge >= 0.3 is 5.97 Å². The first-order valence-electron chi connectivity index (χ1n) is 12.4. The number of carbonyl (C=O) groups is 2. The average molecular weight is 449 g/mol. The number of carbonyl (C=O) groups excluding carboxylic acids is 2. The molecule has 0 aromatic carbocycles. The van der Waals surface area contributed by atoms with E-state index in [0.29, 0.717) is 31.5 Å². The van der Waals surface area contributed by atoms with Crippen LogP contribution in [0.5, 0.6) is 0 Å². The van der Waals surface area contributed by atoms with Gasteiger partial charge in [0, 0.05) is 30.6 Å². The summed E-state index contributed by atoms with van der Waals surface area (Å²) >= 11 is 0. The maximum absolute atomic E-state index is 13.0. The van der Waals surface area contributed by atoms with Crippen molar-refractivity contribution in [1.82, 2.24) is 0 Å². The lowest BCUT2D eigenvalue weighted by atomic mass is 9.44. The van der Waals surface area contributed by atoms with Crippen molar-refractivity contribution in [3.63, 3.8) is 0 Å². The van der Waals surface area contributed by atoms with Crippen LogP contribution in [-0.4, -0.2) is 59.8 Å². The Hall–Kier alpha value is -1.02. The fourth-order valence-corrected chi connectivity index (χ4v) is 9.13. The van der Waals surface area contributed by atoms with Crippen molar-refractivity contribution in [2.45, 2.75) is 95.2 Å². The lowest BCUT2D eigenvalue weighted by molar-refractivity contribution is -0.229. The summed E-state index contributed by atoms with van der Waals surface area (Å²) in [5.41, 5.74) is -1.97. The fraction of sp³-hybridized carbons (Fsp3) is 0.920. The molecule has 6 aliphatic rings. The summed E-state index contributed by atoms with van der Waals surface area (Å²) in [5, 5.41) is 11.6. The van der Waals surface area contributed by atoms with Gasteiger partial charge < -0.3 is 24.1 Å². The maximum Gasteiger partial charge on any atom is 0.303 e. The second-order valence-corrected chi connectivity index (χ2v) is 11.9. The molecule has 0 aromatic rings. The molecule has 0 radical (unpaired) electrons. The predicted molar refractivity (Wildman–Crippen MR) is 112 cm³/mol. The third kappa shape index (κ3) is 2.51. The number of fused-ring (bicyclic) bond motifs is 4. The Balaban J connectivity index is 1.27. The van der Waals surface area contributed by atoms with Crippen molar-refractivity contribution < 1.29 is 33.6 Å². The quantitative estimate of drug-likeness (QED) is 0.524. The summed E-state index contributed by atoms with van der Waals surface area (Å²) in [4.78, 5) is 24.3. The minimum absolute atomic E-state index is 0.0743. The Labute approximate surface area is 189 Å². The number of aliphatic hydroxyl groups is 1. The van der Waals surface area contributed by atoms with Gasteiger partial charge in [-0.25, -0.2) is 0 Å². The van der Waals surface area contributed by atoms with Gasteiger partial charge in [0.15, 0.2) is 12.4 Å². The molecule has 0 unspecified atom stereocenters. The second-order valence-electron chi connectivity index (χ2n) is 11.9. The zero-order chi connectivity index (χ0) is 22.6. The van der Waals surface area contributed by atoms with Gasteiger partial charge in [0.25, 0.3) is 0 Å². The Morgan fingerprint density at radius 2 is 1.69 bits per heavy atom. The monoisotopic (exact) mass is 448 g/mol. The highest BCUT2D eigenvalue weighted by Crippen LogP contribution is 2.75. The molecular weight excluding hydrogens is 412 g/mol. The van der Waals surface area contributed by atoms with Crippen molar-refractivity contribution in [2.75, 3.05) is 19.8 Å². The van der Waals surface area contributed by atoms with Crippen molar-refractivity contribution in [3.8, 4) is 0 Å². The third-order valence-corrected chi connectivity index (χ3v) is 10.9. The highest BCUT2D eigenvalue weighted by atomic mass is 16.7. The topological polar surface area (TPSA) is 94.6 Å². The number of ether oxygens (including phenoxy) is 4. The van der Waals surface area contributed by atoms with Crippen LogP contribution in [0.4, 0.5) is 0 Å². The Morgan fingerprint density at radius 1 is 1.00 bits per heavy atom. The highest BCUT2D eigenvalue weighted by Gasteiger charge is 2.79. The summed E-state index contributed by atoms with van der Waals surface area (Å²) < 4.78 is 23.7. The standard InChI is InChI=1S/C25H36O7/c1-15(26)29-13-19(27)24(28)7-5-17-16-12-20-25(32-20)14-23(30-10-11-31-23)9-8-22(25,3)18(16)4-6-21(17,24)2/h16-18,20,28H,4-14H2,1-3H3/t16-,17-,18-,20-,21-,22+,24-,25-/m0/s1. The van der Waals surface area contributed by atoms with Crippen LogP contribution in [0, 0.1) is 28.6 Å². The smallest absolute Gasteiger partial charge is 0.303 e. The van der Waals surface area contributed by atoms with Crippen molar-refractivity contribution in [2.24, 2.45) is 28.6 Å². The summed E-state index contributed by atoms with van der Waals surface area (Å²) in [7, 11) is 0. The number of rotatable bonds is 3. The minimum atomic E-state index is -1.42. The zero-order valence-electron chi connectivity index (χ0n) is 19.5. The molecular formula is C25H36O7. The third-order valence-electron chi connectivity index (χ3n) is 10.9. The lowest BCUT2D eigenvalue weighted by Crippen LogP contribution is -2.63. The molecule has 4 saturated carbocycles. The van der Waals surface area contributed by atoms with E-state index < -0.39 is 22.8 Å². The Kier molecular flexibility index (Phi) is 4.41. The number of epoxide rings is 1. The summed E-state index contributed by atoms with van der Waals surface area (Å²) in [5.74, 6) is -0.0516. The van der Waals surface area contributed by atoms with Gasteiger partial charge in [0.05, 0.1) is 19.3 Å². The molecule has 7 heteroatoms. The molecule has 1 N–H and O–H groups in total. The maximum atomic E-state index is 13.0. The fourth-order valence-electron chi connectivity index (χ4n) is 9.13. The highest BCUT2D eigenvalue weighted by molar-refractivity contribution is 5.90. The minimum Gasteiger partial charge on any atom is -0.458 e. The first-order chi connectivity index (χ1) is 15.1. The van der Waals surface area contributed by atoms with Crippen LogP contribution in [0.15, 0.2) is 0 Å². The van der Waals surface area contributed by atoms with Gasteiger partial charge in [-0.3, -0.25) is 9.59 Å². The molecule has 178 valence electrons. The summed E-state index contributed by atoms with van der Waals surface area (Å²) in [6, 6.07) is 0. The molecule has 6 fully saturated rings. The molecule has 32 heavy (non-hydrogen) atoms. The molecule has 4 aliphatic carbocycles. The molecule has 6 rings (SSSR count). The molecule has 7 nitrogen and oxygen atoms in total. The Bertz CT molecular complexity index is 851. The summed E-state index contributed by atoms with van der Waals surface area (Å²) in [6.45, 7) is 6.81. The normalized spacial score (nSPS) is 52.5. The van der Waals surface area contributed by atoms with Crippen LogP contribution in [0.3, 0.4) is 0 Å². The van der Waals surface area contributed by atoms with Gasteiger partial charge in [0.2, 0.25) is 5.78 Å². The largest absolute Gasteiger partial charge is 0.458 e. The molecule has 0 bridgehead atoms. The number of esters is 1. The molecule has 8 atom stereocenters. The lowest BCUT2D eigenvalue weighted by Gasteiger charge is -2.60. The second kappa shape index (κ2) is 6.55. The molecule has 2 aliphatic heterocycles. The number of hydrogen-bond donors (Lipinski definition) is 1. The van der Waals surface area contributed by atoms with E-state index >= 15 is 0 Å². The number of Topliss-reactive ketones (excluding diaryl/α,β-unsaturated/α-hetero) is 1. The van der Waals surface area contributed by atoms with E-state index in [1.165, 1.54) is 6.92 Å². The van der Waals surface area contributed by atoms with Gasteiger partial charge in [-0.15, -0.1) is 0 Å². The van der Waals surface area contributed by atoms with E-state index in [2.05, 4.69) is 13.8 Å². The van der Waals surface area contributed by atoms with E-state index in [4.69, 9.17) is 18.9 Å². The SMILES string of the molecule is CC(=O)OCC(=O)[C@@]1(O)CC[C@H]2[C@@H]3C[C@@H]4O[C@@]45CC4(CC[C@]5(C)[C@H]3CC[C@@]21C)OCCO4. The molecule has 0 amide bonds. The molecule has 2 heterocycles. The molecule has 2 saturated heterocycles. The van der Waals surface area contributed by atoms with Gasteiger partial charge in [-0.05, 0) is 56.3 Å². The van der Waals surface area contributed by atoms with Crippen LogP contribution in [0.2, 0.25) is 0 Å².